The second-order valence-electron chi connectivity index (χ2n) is 8.33. The van der Waals surface area contributed by atoms with Crippen LogP contribution in [0.15, 0.2) is 77.3 Å². The number of sulfonamides is 1. The molecule has 0 unspecified atom stereocenters. The second kappa shape index (κ2) is 12.8. The number of carbonyl (C=O) groups is 2. The third-order valence-corrected chi connectivity index (χ3v) is 7.87. The van der Waals surface area contributed by atoms with E-state index in [-0.39, 0.29) is 13.0 Å². The average Bonchev–Trinajstić information content (AvgIpc) is 2.85. The molecule has 1 atom stereocenters. The van der Waals surface area contributed by atoms with Crippen LogP contribution in [0.1, 0.15) is 11.1 Å². The van der Waals surface area contributed by atoms with Gasteiger partial charge in [-0.25, -0.2) is 8.42 Å². The van der Waals surface area contributed by atoms with Crippen molar-refractivity contribution < 1.29 is 18.0 Å². The number of amides is 2. The van der Waals surface area contributed by atoms with Crippen LogP contribution in [0.25, 0.3) is 0 Å². The molecular weight excluding hydrogens is 601 g/mol. The SMILES string of the molecule is CNC(=O)[C@H](Cc1ccccc1)N(Cc1ccc(Cl)cc1Cl)C(=O)CN(c1cccc(Br)c1)S(C)(=O)=O. The first-order valence-corrected chi connectivity index (χ1v) is 14.6. The van der Waals surface area contributed by atoms with E-state index in [1.807, 2.05) is 30.3 Å². The van der Waals surface area contributed by atoms with Crippen LogP contribution in [0.2, 0.25) is 10.0 Å². The van der Waals surface area contributed by atoms with Crippen LogP contribution in [0.3, 0.4) is 0 Å². The van der Waals surface area contributed by atoms with Crippen LogP contribution >= 0.6 is 39.1 Å². The van der Waals surface area contributed by atoms with Gasteiger partial charge in [0, 0.05) is 34.5 Å². The van der Waals surface area contributed by atoms with E-state index in [4.69, 9.17) is 23.2 Å². The molecule has 3 aromatic rings. The first kappa shape index (κ1) is 29.0. The first-order valence-electron chi connectivity index (χ1n) is 11.2. The van der Waals surface area contributed by atoms with Gasteiger partial charge in [-0.1, -0.05) is 81.6 Å². The van der Waals surface area contributed by atoms with Gasteiger partial charge in [0.05, 0.1) is 11.9 Å². The summed E-state index contributed by atoms with van der Waals surface area (Å²) >= 11 is 15.8. The number of rotatable bonds is 10. The maximum atomic E-state index is 13.9. The highest BCUT2D eigenvalue weighted by molar-refractivity contribution is 9.10. The highest BCUT2D eigenvalue weighted by Crippen LogP contribution is 2.26. The molecule has 196 valence electrons. The molecule has 1 N–H and O–H groups in total. The van der Waals surface area contributed by atoms with Gasteiger partial charge in [0.15, 0.2) is 0 Å². The maximum Gasteiger partial charge on any atom is 0.244 e. The van der Waals surface area contributed by atoms with Crippen molar-refractivity contribution in [3.63, 3.8) is 0 Å². The first-order chi connectivity index (χ1) is 17.5. The molecule has 2 amide bonds. The number of hydrogen-bond acceptors (Lipinski definition) is 4. The van der Waals surface area contributed by atoms with Crippen molar-refractivity contribution >= 4 is 66.7 Å². The summed E-state index contributed by atoms with van der Waals surface area (Å²) in [6.45, 7) is -0.543. The Balaban J connectivity index is 2.05. The number of nitrogens with one attached hydrogen (secondary N) is 1. The Morgan fingerprint density at radius 1 is 1.00 bits per heavy atom. The van der Waals surface area contributed by atoms with Gasteiger partial charge < -0.3 is 10.2 Å². The lowest BCUT2D eigenvalue weighted by atomic mass is 10.0. The molecule has 7 nitrogen and oxygen atoms in total. The number of nitrogens with zero attached hydrogens (tertiary/aromatic N) is 2. The maximum absolute atomic E-state index is 13.9. The molecular formula is C26H26BrCl2N3O4S. The lowest BCUT2D eigenvalue weighted by molar-refractivity contribution is -0.139. The van der Waals surface area contributed by atoms with Crippen molar-refractivity contribution in [1.29, 1.82) is 0 Å². The Labute approximate surface area is 235 Å². The fraction of sp³-hybridized carbons (Fsp3) is 0.231. The smallest absolute Gasteiger partial charge is 0.244 e. The second-order valence-corrected chi connectivity index (χ2v) is 12.0. The molecule has 0 heterocycles. The number of benzene rings is 3. The topological polar surface area (TPSA) is 86.8 Å². The Morgan fingerprint density at radius 3 is 2.30 bits per heavy atom. The average molecular weight is 627 g/mol. The summed E-state index contributed by atoms with van der Waals surface area (Å²) in [6.07, 6.45) is 1.25. The Hall–Kier alpha value is -2.59. The summed E-state index contributed by atoms with van der Waals surface area (Å²) in [5.41, 5.74) is 1.71. The molecule has 0 aliphatic heterocycles. The van der Waals surface area contributed by atoms with Crippen molar-refractivity contribution in [3.05, 3.63) is 98.4 Å². The highest BCUT2D eigenvalue weighted by atomic mass is 79.9. The Morgan fingerprint density at radius 2 is 1.70 bits per heavy atom. The lowest BCUT2D eigenvalue weighted by Crippen LogP contribution is -2.52. The molecule has 11 heteroatoms. The summed E-state index contributed by atoms with van der Waals surface area (Å²) < 4.78 is 27.1. The largest absolute Gasteiger partial charge is 0.357 e. The number of likely N-dealkylation sites (N-methyl/N-ethyl adjacent to an activating group) is 1. The van der Waals surface area contributed by atoms with Crippen LogP contribution in [0, 0.1) is 0 Å². The van der Waals surface area contributed by atoms with Gasteiger partial charge in [-0.15, -0.1) is 0 Å². The molecule has 0 saturated heterocycles. The normalized spacial score (nSPS) is 12.0. The highest BCUT2D eigenvalue weighted by Gasteiger charge is 2.33. The van der Waals surface area contributed by atoms with Crippen molar-refractivity contribution in [1.82, 2.24) is 10.2 Å². The van der Waals surface area contributed by atoms with E-state index in [2.05, 4.69) is 21.2 Å². The quantitative estimate of drug-likeness (QED) is 0.347. The predicted molar refractivity (Wildman–Crippen MR) is 151 cm³/mol. The van der Waals surface area contributed by atoms with Crippen LogP contribution in [-0.4, -0.2) is 51.0 Å². The molecule has 0 spiro atoms. The lowest BCUT2D eigenvalue weighted by Gasteiger charge is -2.33. The van der Waals surface area contributed by atoms with Gasteiger partial charge >= 0.3 is 0 Å². The minimum Gasteiger partial charge on any atom is -0.357 e. The molecule has 37 heavy (non-hydrogen) atoms. The third kappa shape index (κ3) is 7.95. The molecule has 0 saturated carbocycles. The van der Waals surface area contributed by atoms with E-state index < -0.39 is 34.4 Å². The van der Waals surface area contributed by atoms with Crippen LogP contribution in [0.4, 0.5) is 5.69 Å². The van der Waals surface area contributed by atoms with Crippen molar-refractivity contribution in [2.45, 2.75) is 19.0 Å². The summed E-state index contributed by atoms with van der Waals surface area (Å²) in [7, 11) is -2.35. The van der Waals surface area contributed by atoms with Gasteiger partial charge in [0.2, 0.25) is 21.8 Å². The molecule has 0 aromatic heterocycles. The zero-order valence-corrected chi connectivity index (χ0v) is 24.1. The van der Waals surface area contributed by atoms with E-state index in [1.165, 1.54) is 11.9 Å². The van der Waals surface area contributed by atoms with Crippen molar-refractivity contribution in [3.8, 4) is 0 Å². The third-order valence-electron chi connectivity index (χ3n) is 5.65. The standard InChI is InChI=1S/C26H26BrCl2N3O4S/c1-30-26(34)24(13-18-7-4-3-5-8-18)31(16-19-11-12-21(28)15-23(19)29)25(33)17-32(37(2,35)36)22-10-6-9-20(27)14-22/h3-12,14-15,24H,13,16-17H2,1-2H3,(H,30,34)/t24-/m0/s1. The minimum absolute atomic E-state index is 0.0319. The van der Waals surface area contributed by atoms with Gasteiger partial charge in [-0.3, -0.25) is 13.9 Å². The van der Waals surface area contributed by atoms with Gasteiger partial charge in [0.25, 0.3) is 0 Å². The van der Waals surface area contributed by atoms with E-state index in [1.54, 1.807) is 42.5 Å². The Bertz CT molecular complexity index is 1370. The zero-order chi connectivity index (χ0) is 27.2. The van der Waals surface area contributed by atoms with Gasteiger partial charge in [-0.05, 0) is 41.5 Å². The van der Waals surface area contributed by atoms with Gasteiger partial charge in [-0.2, -0.15) is 0 Å². The van der Waals surface area contributed by atoms with E-state index in [0.717, 1.165) is 16.1 Å². The minimum atomic E-state index is -3.84. The van der Waals surface area contributed by atoms with E-state index in [9.17, 15) is 18.0 Å². The zero-order valence-electron chi connectivity index (χ0n) is 20.2. The monoisotopic (exact) mass is 625 g/mol. The summed E-state index contributed by atoms with van der Waals surface area (Å²) in [4.78, 5) is 28.3. The van der Waals surface area contributed by atoms with E-state index in [0.29, 0.717) is 25.8 Å². The number of carbonyl (C=O) groups excluding carboxylic acids is 2. The predicted octanol–water partition coefficient (Wildman–Crippen LogP) is 4.91. The summed E-state index contributed by atoms with van der Waals surface area (Å²) in [5.74, 6) is -0.961. The fourth-order valence-corrected chi connectivity index (χ4v) is 5.50. The number of hydrogen-bond donors (Lipinski definition) is 1. The van der Waals surface area contributed by atoms with Crippen molar-refractivity contribution in [2.24, 2.45) is 0 Å². The number of halogens is 3. The molecule has 0 fully saturated rings. The van der Waals surface area contributed by atoms with E-state index >= 15 is 0 Å². The number of anilines is 1. The van der Waals surface area contributed by atoms with Gasteiger partial charge in [0.1, 0.15) is 12.6 Å². The Kier molecular flexibility index (Phi) is 10.0. The molecule has 0 bridgehead atoms. The molecule has 0 aliphatic carbocycles. The van der Waals surface area contributed by atoms with Crippen LogP contribution in [0.5, 0.6) is 0 Å². The van der Waals surface area contributed by atoms with Crippen LogP contribution < -0.4 is 9.62 Å². The fourth-order valence-electron chi connectivity index (χ4n) is 3.80. The van der Waals surface area contributed by atoms with Crippen LogP contribution in [-0.2, 0) is 32.6 Å². The van der Waals surface area contributed by atoms with Crippen molar-refractivity contribution in [2.75, 3.05) is 24.2 Å². The summed E-state index contributed by atoms with van der Waals surface area (Å²) in [5, 5.41) is 3.38. The summed E-state index contributed by atoms with van der Waals surface area (Å²) in [6, 6.07) is 19.8. The molecule has 0 radical (unpaired) electrons. The molecule has 0 aliphatic rings. The molecule has 3 aromatic carbocycles. The molecule has 3 rings (SSSR count).